The van der Waals surface area contributed by atoms with Crippen LogP contribution in [0.25, 0.3) is 0 Å². The number of nitrogens with zero attached hydrogens (tertiary/aromatic N) is 2. The first-order chi connectivity index (χ1) is 16.4. The number of carbonyl (C=O) groups excluding carboxylic acids is 1. The highest BCUT2D eigenvalue weighted by Gasteiger charge is 2.29. The number of aryl methyl sites for hydroxylation is 1. The van der Waals surface area contributed by atoms with Crippen molar-refractivity contribution in [3.63, 3.8) is 0 Å². The highest BCUT2D eigenvalue weighted by molar-refractivity contribution is 5.94. The number of nitrogens with one attached hydrogen (secondary N) is 2. The van der Waals surface area contributed by atoms with Crippen molar-refractivity contribution in [2.24, 2.45) is 5.92 Å². The van der Waals surface area contributed by atoms with Crippen LogP contribution in [0.2, 0.25) is 0 Å². The zero-order chi connectivity index (χ0) is 24.1. The van der Waals surface area contributed by atoms with Gasteiger partial charge in [0.1, 0.15) is 0 Å². The van der Waals surface area contributed by atoms with Crippen molar-refractivity contribution in [2.75, 3.05) is 36.9 Å². The first kappa shape index (κ1) is 24.7. The number of hydrogen-bond donors (Lipinski definition) is 2. The topological polar surface area (TPSA) is 47.6 Å². The lowest BCUT2D eigenvalue weighted by atomic mass is 9.85. The van der Waals surface area contributed by atoms with Crippen molar-refractivity contribution in [1.82, 2.24) is 10.2 Å². The molecular weight excluding hydrogens is 420 g/mol. The molecule has 1 amide bonds. The van der Waals surface area contributed by atoms with E-state index in [1.165, 1.54) is 22.4 Å². The van der Waals surface area contributed by atoms with E-state index in [0.29, 0.717) is 12.1 Å². The first-order valence-corrected chi connectivity index (χ1v) is 12.9. The summed E-state index contributed by atoms with van der Waals surface area (Å²) in [5.41, 5.74) is 6.04. The fraction of sp³-hybridized carbons (Fsp3) is 0.517. The summed E-state index contributed by atoms with van der Waals surface area (Å²) in [6, 6.07) is 16.0. The van der Waals surface area contributed by atoms with E-state index in [1.54, 1.807) is 0 Å². The van der Waals surface area contributed by atoms with Gasteiger partial charge in [-0.1, -0.05) is 18.2 Å². The van der Waals surface area contributed by atoms with Crippen molar-refractivity contribution in [3.8, 4) is 0 Å². The Bertz CT molecular complexity index is 966. The van der Waals surface area contributed by atoms with Gasteiger partial charge in [0.25, 0.3) is 0 Å². The molecule has 1 aliphatic carbocycles. The summed E-state index contributed by atoms with van der Waals surface area (Å²) < 4.78 is 0. The van der Waals surface area contributed by atoms with Crippen LogP contribution in [-0.4, -0.2) is 49.6 Å². The van der Waals surface area contributed by atoms with E-state index in [2.05, 4.69) is 78.8 Å². The minimum Gasteiger partial charge on any atom is -0.382 e. The van der Waals surface area contributed by atoms with Gasteiger partial charge in [0.2, 0.25) is 5.91 Å². The molecule has 4 rings (SSSR count). The maximum atomic E-state index is 13.3. The zero-order valence-corrected chi connectivity index (χ0v) is 21.1. The lowest BCUT2D eigenvalue weighted by molar-refractivity contribution is -0.123. The molecule has 0 unspecified atom stereocenters. The van der Waals surface area contributed by atoms with Gasteiger partial charge in [-0.15, -0.1) is 0 Å². The Balaban J connectivity index is 1.30. The minimum absolute atomic E-state index is 0.108. The summed E-state index contributed by atoms with van der Waals surface area (Å²) in [5.74, 6) is 0.358. The predicted molar refractivity (Wildman–Crippen MR) is 142 cm³/mol. The molecule has 1 aliphatic heterocycles. The number of amides is 1. The van der Waals surface area contributed by atoms with E-state index in [0.717, 1.165) is 64.0 Å². The fourth-order valence-electron chi connectivity index (χ4n) is 5.40. The van der Waals surface area contributed by atoms with Gasteiger partial charge < -0.3 is 15.5 Å². The third-order valence-electron chi connectivity index (χ3n) is 7.55. The van der Waals surface area contributed by atoms with Crippen LogP contribution in [0.15, 0.2) is 42.5 Å². The lowest BCUT2D eigenvalue weighted by Crippen LogP contribution is -2.48. The molecule has 2 aliphatic rings. The minimum atomic E-state index is 0.108. The Labute approximate surface area is 205 Å². The largest absolute Gasteiger partial charge is 0.382 e. The van der Waals surface area contributed by atoms with E-state index in [4.69, 9.17) is 0 Å². The molecule has 1 saturated heterocycles. The smallest absolute Gasteiger partial charge is 0.229 e. The van der Waals surface area contributed by atoms with E-state index in [9.17, 15) is 4.79 Å². The van der Waals surface area contributed by atoms with Gasteiger partial charge >= 0.3 is 0 Å². The quantitative estimate of drug-likeness (QED) is 0.622. The first-order valence-electron chi connectivity index (χ1n) is 12.9. The number of carbonyl (C=O) groups is 1. The summed E-state index contributed by atoms with van der Waals surface area (Å²) >= 11 is 0. The average Bonchev–Trinajstić information content (AvgIpc) is 2.85. The summed E-state index contributed by atoms with van der Waals surface area (Å²) in [5, 5.41) is 7.17. The monoisotopic (exact) mass is 461 g/mol. The van der Waals surface area contributed by atoms with E-state index in [-0.39, 0.29) is 11.8 Å². The van der Waals surface area contributed by atoms with Crippen LogP contribution in [0.1, 0.15) is 49.3 Å². The molecule has 0 aromatic heterocycles. The van der Waals surface area contributed by atoms with Crippen molar-refractivity contribution in [2.45, 2.75) is 64.6 Å². The molecule has 183 valence electrons. The van der Waals surface area contributed by atoms with Crippen molar-refractivity contribution in [1.29, 1.82) is 0 Å². The van der Waals surface area contributed by atoms with Crippen LogP contribution in [0.4, 0.5) is 11.4 Å². The van der Waals surface area contributed by atoms with Crippen LogP contribution in [0.3, 0.4) is 0 Å². The standard InChI is InChI=1S/C29H41N4O/c1-5-23-7-6-8-27(18-23)31-26-12-9-24(10-13-26)29(34)32(4)28-14-11-25(21(2)17-28)20-33-16-15-30-22(3)19-33/h6-8,11,14,17-18,22,24,26,30-31H,1,5,9-10,12-13,15-16,19-20H2,2-4H3/t22-,24-,26-/m0/s1. The zero-order valence-electron chi connectivity index (χ0n) is 21.1. The third kappa shape index (κ3) is 6.19. The molecule has 5 heteroatoms. The molecule has 2 fully saturated rings. The van der Waals surface area contributed by atoms with Gasteiger partial charge in [0.15, 0.2) is 0 Å². The van der Waals surface area contributed by atoms with Gasteiger partial charge in [0.05, 0.1) is 0 Å². The lowest BCUT2D eigenvalue weighted by Gasteiger charge is -2.33. The summed E-state index contributed by atoms with van der Waals surface area (Å²) in [6.45, 7) is 12.6. The molecular formula is C29H41N4O. The maximum absolute atomic E-state index is 13.3. The number of rotatable bonds is 7. The maximum Gasteiger partial charge on any atom is 0.229 e. The Morgan fingerprint density at radius 2 is 1.97 bits per heavy atom. The van der Waals surface area contributed by atoms with Gasteiger partial charge in [0, 0.05) is 62.6 Å². The molecule has 34 heavy (non-hydrogen) atoms. The molecule has 2 aromatic carbocycles. The molecule has 2 N–H and O–H groups in total. The van der Waals surface area contributed by atoms with Crippen LogP contribution in [0.5, 0.6) is 0 Å². The normalized spacial score (nSPS) is 23.5. The van der Waals surface area contributed by atoms with E-state index >= 15 is 0 Å². The summed E-state index contributed by atoms with van der Waals surface area (Å²) in [6.07, 6.45) is 4.74. The Morgan fingerprint density at radius 3 is 2.68 bits per heavy atom. The average molecular weight is 462 g/mol. The predicted octanol–water partition coefficient (Wildman–Crippen LogP) is 4.80. The second-order valence-electron chi connectivity index (χ2n) is 10.2. The van der Waals surface area contributed by atoms with Crippen molar-refractivity contribution < 1.29 is 4.79 Å². The second-order valence-corrected chi connectivity index (χ2v) is 10.2. The van der Waals surface area contributed by atoms with Gasteiger partial charge in [-0.2, -0.15) is 0 Å². The Morgan fingerprint density at radius 1 is 1.18 bits per heavy atom. The SMILES string of the molecule is [CH2]Cc1cccc(N[C@H]2CC[C@H](C(=O)N(C)c3ccc(CN4CCN[C@@H](C)C4)c(C)c3)CC2)c1. The van der Waals surface area contributed by atoms with Crippen LogP contribution >= 0.6 is 0 Å². The van der Waals surface area contributed by atoms with Gasteiger partial charge in [-0.05, 0) is 93.8 Å². The molecule has 1 saturated carbocycles. The second kappa shape index (κ2) is 11.4. The Kier molecular flexibility index (Phi) is 8.28. The van der Waals surface area contributed by atoms with Crippen LogP contribution < -0.4 is 15.5 Å². The third-order valence-corrected chi connectivity index (χ3v) is 7.55. The fourth-order valence-corrected chi connectivity index (χ4v) is 5.40. The number of benzene rings is 2. The van der Waals surface area contributed by atoms with Crippen LogP contribution in [0, 0.1) is 19.8 Å². The Hall–Kier alpha value is -2.37. The van der Waals surface area contributed by atoms with E-state index in [1.807, 2.05) is 11.9 Å². The molecule has 5 nitrogen and oxygen atoms in total. The van der Waals surface area contributed by atoms with Crippen molar-refractivity contribution >= 4 is 17.3 Å². The number of piperazine rings is 1. The number of anilines is 2. The van der Waals surface area contributed by atoms with Crippen LogP contribution in [-0.2, 0) is 17.8 Å². The van der Waals surface area contributed by atoms with E-state index < -0.39 is 0 Å². The van der Waals surface area contributed by atoms with Crippen molar-refractivity contribution in [3.05, 3.63) is 66.1 Å². The molecule has 1 atom stereocenters. The van der Waals surface area contributed by atoms with Gasteiger partial charge in [-0.25, -0.2) is 0 Å². The molecule has 2 aromatic rings. The molecule has 0 spiro atoms. The summed E-state index contributed by atoms with van der Waals surface area (Å²) in [7, 11) is 1.93. The van der Waals surface area contributed by atoms with Gasteiger partial charge in [-0.3, -0.25) is 9.69 Å². The molecule has 0 bridgehead atoms. The summed E-state index contributed by atoms with van der Waals surface area (Å²) in [4.78, 5) is 17.7. The number of hydrogen-bond acceptors (Lipinski definition) is 4. The highest BCUT2D eigenvalue weighted by Crippen LogP contribution is 2.30. The molecule has 1 heterocycles. The molecule has 1 radical (unpaired) electrons. The highest BCUT2D eigenvalue weighted by atomic mass is 16.2.